The van der Waals surface area contributed by atoms with Crippen LogP contribution >= 0.6 is 0 Å². The molecule has 0 saturated carbocycles. The highest BCUT2D eigenvalue weighted by molar-refractivity contribution is 6.01. The van der Waals surface area contributed by atoms with Crippen molar-refractivity contribution in [1.82, 2.24) is 19.4 Å². The number of nitrogens with one attached hydrogen (secondary N) is 1. The molecule has 1 N–H and O–H groups in total. The molecule has 54 heavy (non-hydrogen) atoms. The zero-order valence-electron chi connectivity index (χ0n) is 29.7. The van der Waals surface area contributed by atoms with Gasteiger partial charge in [0.1, 0.15) is 5.69 Å². The van der Waals surface area contributed by atoms with Gasteiger partial charge in [-0.2, -0.15) is 0 Å². The van der Waals surface area contributed by atoms with Crippen molar-refractivity contribution in [2.45, 2.75) is 0 Å². The van der Waals surface area contributed by atoms with E-state index >= 15 is 0 Å². The third-order valence-electron chi connectivity index (χ3n) is 10.7. The van der Waals surface area contributed by atoms with Crippen LogP contribution in [0.2, 0.25) is 0 Å². The fraction of sp³-hybridized carbons (Fsp3) is 0.0204. The van der Waals surface area contributed by atoms with Gasteiger partial charge < -0.3 is 0 Å². The Morgan fingerprint density at radius 1 is 0.426 bits per heavy atom. The maximum absolute atomic E-state index is 5.07. The summed E-state index contributed by atoms with van der Waals surface area (Å²) < 4.78 is 0.606. The summed E-state index contributed by atoms with van der Waals surface area (Å²) in [6, 6.07) is 64.2. The van der Waals surface area contributed by atoms with Gasteiger partial charge >= 0.3 is 5.82 Å². The average molecular weight is 694 g/mol. The van der Waals surface area contributed by atoms with Gasteiger partial charge in [0.05, 0.1) is 29.3 Å². The molecule has 2 aromatic heterocycles. The summed E-state index contributed by atoms with van der Waals surface area (Å²) in [6.45, 7) is 0. The molecule has 5 nitrogen and oxygen atoms in total. The Balaban J connectivity index is 1.12. The lowest BCUT2D eigenvalue weighted by atomic mass is 9.93. The van der Waals surface area contributed by atoms with E-state index in [1.165, 1.54) is 28.2 Å². The zero-order valence-corrected chi connectivity index (χ0v) is 29.7. The standard InChI is InChI=1S/C49H34N5/c1-54(40-22-9-4-10-23-40)44-25-12-11-24-41(44)42-27-26-35(32-45(42)54)39-30-37-21-14-28-50-46(37)43(31-39)36-19-13-20-38(29-36)49-52-47(33-15-5-2-6-16-33)51-48(53-49)34-17-7-3-8-18-34/h2-32H,1H3/q+1/p+1. The highest BCUT2D eigenvalue weighted by Gasteiger charge is 2.42. The van der Waals surface area contributed by atoms with E-state index in [9.17, 15) is 0 Å². The van der Waals surface area contributed by atoms with Gasteiger partial charge in [-0.15, -0.1) is 0 Å². The Kier molecular flexibility index (Phi) is 7.53. The van der Waals surface area contributed by atoms with Crippen LogP contribution in [0.1, 0.15) is 0 Å². The second-order valence-corrected chi connectivity index (χ2v) is 13.9. The lowest BCUT2D eigenvalue weighted by Gasteiger charge is -2.30. The summed E-state index contributed by atoms with van der Waals surface area (Å²) in [7, 11) is 2.31. The predicted molar refractivity (Wildman–Crippen MR) is 220 cm³/mol. The van der Waals surface area contributed by atoms with Crippen LogP contribution in [0.25, 0.3) is 78.4 Å². The Hall–Kier alpha value is -7.08. The second kappa shape index (κ2) is 12.8. The summed E-state index contributed by atoms with van der Waals surface area (Å²) >= 11 is 0. The van der Waals surface area contributed by atoms with Crippen LogP contribution in [0.3, 0.4) is 0 Å². The van der Waals surface area contributed by atoms with E-state index in [-0.39, 0.29) is 0 Å². The maximum Gasteiger partial charge on any atom is 0.308 e. The average Bonchev–Trinajstić information content (AvgIpc) is 3.52. The van der Waals surface area contributed by atoms with Crippen molar-refractivity contribution >= 4 is 28.0 Å². The number of aromatic amines is 1. The van der Waals surface area contributed by atoms with Crippen LogP contribution < -0.4 is 9.47 Å². The van der Waals surface area contributed by atoms with E-state index in [2.05, 4.69) is 152 Å². The minimum atomic E-state index is 0.606. The number of benzene rings is 7. The molecule has 0 amide bonds. The SMILES string of the molecule is C[N+]1(c2ccccc2)c2ccccc2-c2ccc(-c3cc(-c4cccc(-c5nc(-c6ccccc6)[nH+]c(-c6ccccc6)n5)c4)c4ncccc4c3)cc21. The van der Waals surface area contributed by atoms with E-state index < -0.39 is 0 Å². The molecule has 7 aromatic carbocycles. The number of pyridine rings is 1. The first-order valence-corrected chi connectivity index (χ1v) is 18.2. The smallest absolute Gasteiger partial charge is 0.256 e. The number of aromatic nitrogens is 4. The van der Waals surface area contributed by atoms with Crippen molar-refractivity contribution < 1.29 is 4.98 Å². The first kappa shape index (κ1) is 31.6. The summed E-state index contributed by atoms with van der Waals surface area (Å²) in [5.74, 6) is 2.18. The predicted octanol–water partition coefficient (Wildman–Crippen LogP) is 11.8. The summed E-state index contributed by atoms with van der Waals surface area (Å²) in [5.41, 5.74) is 14.6. The van der Waals surface area contributed by atoms with Gasteiger partial charge in [-0.25, -0.2) is 9.47 Å². The maximum atomic E-state index is 5.07. The number of hydrogen-bond donors (Lipinski definition) is 0. The lowest BCUT2D eigenvalue weighted by Crippen LogP contribution is -2.31. The first-order valence-electron chi connectivity index (χ1n) is 18.2. The molecule has 5 heteroatoms. The molecular formula is C49H35N5+2. The van der Waals surface area contributed by atoms with Crippen LogP contribution in [0, 0.1) is 0 Å². The van der Waals surface area contributed by atoms with Crippen LogP contribution in [0.5, 0.6) is 0 Å². The molecule has 0 radical (unpaired) electrons. The monoisotopic (exact) mass is 693 g/mol. The number of para-hydroxylation sites is 2. The third kappa shape index (κ3) is 5.30. The molecule has 1 aliphatic heterocycles. The Morgan fingerprint density at radius 2 is 1.06 bits per heavy atom. The Bertz CT molecular complexity index is 2780. The third-order valence-corrected chi connectivity index (χ3v) is 10.7. The van der Waals surface area contributed by atoms with Crippen molar-refractivity contribution in [2.24, 2.45) is 0 Å². The zero-order chi connectivity index (χ0) is 36.1. The summed E-state index contributed by atoms with van der Waals surface area (Å²) in [5, 5.41) is 1.09. The topological polar surface area (TPSA) is 52.8 Å². The summed E-state index contributed by atoms with van der Waals surface area (Å²) in [4.78, 5) is 18.5. The highest BCUT2D eigenvalue weighted by atomic mass is 15.4. The van der Waals surface area contributed by atoms with E-state index in [4.69, 9.17) is 15.0 Å². The number of quaternary nitrogens is 1. The molecule has 10 rings (SSSR count). The van der Waals surface area contributed by atoms with Crippen molar-refractivity contribution in [2.75, 3.05) is 7.05 Å². The second-order valence-electron chi connectivity index (χ2n) is 13.9. The molecule has 254 valence electrons. The molecular weight excluding hydrogens is 659 g/mol. The normalized spacial score (nSPS) is 14.5. The number of nitrogens with zero attached hydrogens (tertiary/aromatic N) is 4. The fourth-order valence-corrected chi connectivity index (χ4v) is 7.94. The van der Waals surface area contributed by atoms with Crippen LogP contribution in [-0.2, 0) is 0 Å². The Labute approximate surface area is 314 Å². The van der Waals surface area contributed by atoms with Crippen LogP contribution in [0.4, 0.5) is 17.1 Å². The molecule has 0 spiro atoms. The molecule has 9 aromatic rings. The van der Waals surface area contributed by atoms with E-state index in [0.29, 0.717) is 10.3 Å². The van der Waals surface area contributed by atoms with Crippen LogP contribution in [0.15, 0.2) is 188 Å². The molecule has 0 bridgehead atoms. The number of hydrogen-bond acceptors (Lipinski definition) is 3. The highest BCUT2D eigenvalue weighted by Crippen LogP contribution is 2.57. The minimum absolute atomic E-state index is 0.606. The molecule has 3 heterocycles. The fourth-order valence-electron chi connectivity index (χ4n) is 7.94. The van der Waals surface area contributed by atoms with Crippen LogP contribution in [-0.4, -0.2) is 22.0 Å². The first-order chi connectivity index (χ1) is 26.6. The molecule has 0 fully saturated rings. The van der Waals surface area contributed by atoms with E-state index in [1.54, 1.807) is 0 Å². The molecule has 1 unspecified atom stereocenters. The molecule has 0 saturated heterocycles. The quantitative estimate of drug-likeness (QED) is 0.163. The van der Waals surface area contributed by atoms with E-state index in [1.807, 2.05) is 48.7 Å². The number of fused-ring (bicyclic) bond motifs is 4. The summed E-state index contributed by atoms with van der Waals surface area (Å²) in [6.07, 6.45) is 1.87. The van der Waals surface area contributed by atoms with Crippen molar-refractivity contribution in [3.8, 4) is 67.5 Å². The lowest BCUT2D eigenvalue weighted by molar-refractivity contribution is -0.359. The van der Waals surface area contributed by atoms with Gasteiger partial charge in [-0.05, 0) is 95.6 Å². The van der Waals surface area contributed by atoms with E-state index in [0.717, 1.165) is 61.5 Å². The number of H-pyrrole nitrogens is 1. The van der Waals surface area contributed by atoms with Gasteiger partial charge in [0, 0.05) is 40.4 Å². The van der Waals surface area contributed by atoms with Gasteiger partial charge in [0.15, 0.2) is 11.4 Å². The van der Waals surface area contributed by atoms with Gasteiger partial charge in [-0.3, -0.25) is 4.98 Å². The van der Waals surface area contributed by atoms with Crippen molar-refractivity contribution in [1.29, 1.82) is 0 Å². The van der Waals surface area contributed by atoms with Gasteiger partial charge in [0.25, 0.3) is 11.6 Å². The Morgan fingerprint density at radius 3 is 1.80 bits per heavy atom. The van der Waals surface area contributed by atoms with Gasteiger partial charge in [0.2, 0.25) is 0 Å². The molecule has 0 aliphatic carbocycles. The van der Waals surface area contributed by atoms with Crippen molar-refractivity contribution in [3.05, 3.63) is 188 Å². The van der Waals surface area contributed by atoms with Crippen molar-refractivity contribution in [3.63, 3.8) is 0 Å². The number of rotatable bonds is 6. The molecule has 1 atom stereocenters. The van der Waals surface area contributed by atoms with Gasteiger partial charge in [-0.1, -0.05) is 101 Å². The molecule has 1 aliphatic rings. The largest absolute Gasteiger partial charge is 0.308 e. The minimum Gasteiger partial charge on any atom is -0.256 e.